The third kappa shape index (κ3) is 5.57. The van der Waals surface area contributed by atoms with Gasteiger partial charge in [-0.05, 0) is 35.9 Å². The first-order valence-corrected chi connectivity index (χ1v) is 11.2. The minimum absolute atomic E-state index is 0.00830. The first-order chi connectivity index (χ1) is 16.1. The molecule has 13 heteroatoms. The molecule has 0 spiro atoms. The largest absolute Gasteiger partial charge is 0.495 e. The summed E-state index contributed by atoms with van der Waals surface area (Å²) in [6.07, 6.45) is -1.14. The van der Waals surface area contributed by atoms with Gasteiger partial charge in [0.15, 0.2) is 0 Å². The van der Waals surface area contributed by atoms with E-state index in [-0.39, 0.29) is 29.4 Å². The highest BCUT2D eigenvalue weighted by atomic mass is 32.2. The Bertz CT molecular complexity index is 1310. The van der Waals surface area contributed by atoms with E-state index >= 15 is 0 Å². The first kappa shape index (κ1) is 24.4. The summed E-state index contributed by atoms with van der Waals surface area (Å²) in [6, 6.07) is 14.7. The fraction of sp³-hybridized carbons (Fsp3) is 0.143. The molecule has 0 aromatic heterocycles. The third-order valence-corrected chi connectivity index (χ3v) is 6.20. The molecule has 1 atom stereocenters. The van der Waals surface area contributed by atoms with Crippen molar-refractivity contribution in [3.8, 4) is 5.75 Å². The Morgan fingerprint density at radius 2 is 1.56 bits per heavy atom. The van der Waals surface area contributed by atoms with Crippen LogP contribution in [0.15, 0.2) is 71.6 Å². The average molecular weight is 488 g/mol. The molecule has 178 valence electrons. The number of hydrogen-bond donors (Lipinski definition) is 3. The van der Waals surface area contributed by atoms with Crippen molar-refractivity contribution in [3.63, 3.8) is 0 Å². The van der Waals surface area contributed by atoms with Gasteiger partial charge in [0.1, 0.15) is 10.6 Å². The SMILES string of the molecule is COc1ccccc1NS(=O)(=O)c1cc([N+](=O)[O-])ccc1NCC(O)c1ccc([N+](=O)[O-])cc1. The number of benzene rings is 3. The third-order valence-electron chi connectivity index (χ3n) is 4.79. The van der Waals surface area contributed by atoms with E-state index in [1.807, 2.05) is 0 Å². The fourth-order valence-electron chi connectivity index (χ4n) is 3.06. The van der Waals surface area contributed by atoms with Crippen LogP contribution in [0.1, 0.15) is 11.7 Å². The van der Waals surface area contributed by atoms with Crippen molar-refractivity contribution in [3.05, 3.63) is 92.5 Å². The molecule has 0 amide bonds. The van der Waals surface area contributed by atoms with Crippen molar-refractivity contribution >= 4 is 32.8 Å². The van der Waals surface area contributed by atoms with E-state index in [4.69, 9.17) is 4.74 Å². The molecule has 0 saturated carbocycles. The van der Waals surface area contributed by atoms with Crippen molar-refractivity contribution in [2.24, 2.45) is 0 Å². The summed E-state index contributed by atoms with van der Waals surface area (Å²) < 4.78 is 33.8. The van der Waals surface area contributed by atoms with E-state index in [9.17, 15) is 33.8 Å². The molecule has 34 heavy (non-hydrogen) atoms. The molecular formula is C21H20N4O8S. The Labute approximate surface area is 194 Å². The van der Waals surface area contributed by atoms with Crippen LogP contribution in [0.3, 0.4) is 0 Å². The highest BCUT2D eigenvalue weighted by Crippen LogP contribution is 2.31. The molecule has 1 unspecified atom stereocenters. The molecular weight excluding hydrogens is 468 g/mol. The van der Waals surface area contributed by atoms with Gasteiger partial charge < -0.3 is 15.2 Å². The fourth-order valence-corrected chi connectivity index (χ4v) is 4.34. The van der Waals surface area contributed by atoms with Crippen LogP contribution in [0.25, 0.3) is 0 Å². The highest BCUT2D eigenvalue weighted by Gasteiger charge is 2.24. The minimum atomic E-state index is -4.31. The molecule has 3 rings (SSSR count). The number of hydrogen-bond acceptors (Lipinski definition) is 9. The summed E-state index contributed by atoms with van der Waals surface area (Å²) >= 11 is 0. The zero-order chi connectivity index (χ0) is 24.9. The van der Waals surface area contributed by atoms with Crippen molar-refractivity contribution in [1.29, 1.82) is 0 Å². The van der Waals surface area contributed by atoms with E-state index in [0.29, 0.717) is 5.56 Å². The molecule has 0 saturated heterocycles. The number of aliphatic hydroxyl groups is 1. The van der Waals surface area contributed by atoms with Crippen LogP contribution in [-0.4, -0.2) is 37.0 Å². The normalized spacial score (nSPS) is 11.9. The Kier molecular flexibility index (Phi) is 7.28. The summed E-state index contributed by atoms with van der Waals surface area (Å²) in [5, 5.41) is 35.2. The second-order valence-electron chi connectivity index (χ2n) is 6.99. The van der Waals surface area contributed by atoms with Crippen molar-refractivity contribution in [1.82, 2.24) is 0 Å². The van der Waals surface area contributed by atoms with Gasteiger partial charge in [-0.3, -0.25) is 25.0 Å². The van der Waals surface area contributed by atoms with E-state index in [1.54, 1.807) is 18.2 Å². The lowest BCUT2D eigenvalue weighted by Crippen LogP contribution is -2.18. The number of non-ortho nitro benzene ring substituents is 2. The van der Waals surface area contributed by atoms with Gasteiger partial charge in [-0.25, -0.2) is 8.42 Å². The van der Waals surface area contributed by atoms with E-state index in [1.165, 1.54) is 43.5 Å². The average Bonchev–Trinajstić information content (AvgIpc) is 2.82. The predicted molar refractivity (Wildman–Crippen MR) is 123 cm³/mol. The second kappa shape index (κ2) is 10.1. The number of nitro groups is 2. The number of rotatable bonds is 10. The standard InChI is InChI=1S/C21H20N4O8S/c1-33-20-5-3-2-4-17(20)23-34(31,32)21-12-16(25(29)30)10-11-18(21)22-13-19(26)14-6-8-15(9-7-14)24(27)28/h2-12,19,22-23,26H,13H2,1H3. The van der Waals surface area contributed by atoms with Crippen LogP contribution in [-0.2, 0) is 10.0 Å². The van der Waals surface area contributed by atoms with E-state index in [0.717, 1.165) is 12.1 Å². The van der Waals surface area contributed by atoms with Crippen LogP contribution in [0.5, 0.6) is 5.75 Å². The maximum atomic E-state index is 13.1. The van der Waals surface area contributed by atoms with Crippen LogP contribution in [0, 0.1) is 20.2 Å². The van der Waals surface area contributed by atoms with E-state index in [2.05, 4.69) is 10.0 Å². The molecule has 0 fully saturated rings. The van der Waals surface area contributed by atoms with Crippen LogP contribution < -0.4 is 14.8 Å². The molecule has 12 nitrogen and oxygen atoms in total. The molecule has 0 aliphatic heterocycles. The summed E-state index contributed by atoms with van der Waals surface area (Å²) in [5.41, 5.74) is -0.0872. The lowest BCUT2D eigenvalue weighted by atomic mass is 10.1. The summed E-state index contributed by atoms with van der Waals surface area (Å²) in [7, 11) is -2.95. The second-order valence-corrected chi connectivity index (χ2v) is 8.64. The van der Waals surface area contributed by atoms with Crippen molar-refractivity contribution in [2.45, 2.75) is 11.0 Å². The Hall–Kier alpha value is -4.23. The number of sulfonamides is 1. The van der Waals surface area contributed by atoms with Crippen LogP contribution in [0.4, 0.5) is 22.7 Å². The quantitative estimate of drug-likeness (QED) is 0.285. The van der Waals surface area contributed by atoms with Gasteiger partial charge in [0, 0.05) is 30.8 Å². The predicted octanol–water partition coefficient (Wildman–Crippen LogP) is 3.46. The van der Waals surface area contributed by atoms with Gasteiger partial charge in [-0.15, -0.1) is 0 Å². The molecule has 3 aromatic rings. The summed E-state index contributed by atoms with van der Waals surface area (Å²) in [4.78, 5) is 20.3. The lowest BCUT2D eigenvalue weighted by Gasteiger charge is -2.17. The molecule has 3 aromatic carbocycles. The van der Waals surface area contributed by atoms with Crippen molar-refractivity contribution < 1.29 is 28.1 Å². The number of anilines is 2. The topological polar surface area (TPSA) is 174 Å². The van der Waals surface area contributed by atoms with Gasteiger partial charge >= 0.3 is 0 Å². The number of methoxy groups -OCH3 is 1. The first-order valence-electron chi connectivity index (χ1n) is 9.73. The van der Waals surface area contributed by atoms with Gasteiger partial charge in [0.25, 0.3) is 21.4 Å². The number of nitrogens with one attached hydrogen (secondary N) is 2. The highest BCUT2D eigenvalue weighted by molar-refractivity contribution is 7.93. The molecule has 0 heterocycles. The monoisotopic (exact) mass is 488 g/mol. The maximum absolute atomic E-state index is 13.1. The van der Waals surface area contributed by atoms with Gasteiger partial charge in [0.2, 0.25) is 0 Å². The molecule has 0 radical (unpaired) electrons. The Morgan fingerprint density at radius 3 is 2.18 bits per heavy atom. The van der Waals surface area contributed by atoms with Gasteiger partial charge in [-0.1, -0.05) is 12.1 Å². The van der Waals surface area contributed by atoms with E-state index < -0.39 is 36.6 Å². The Balaban J connectivity index is 1.89. The van der Waals surface area contributed by atoms with Gasteiger partial charge in [-0.2, -0.15) is 0 Å². The number of nitro benzene ring substituents is 2. The molecule has 3 N–H and O–H groups in total. The number of aliphatic hydroxyl groups excluding tert-OH is 1. The smallest absolute Gasteiger partial charge is 0.270 e. The van der Waals surface area contributed by atoms with Crippen LogP contribution in [0.2, 0.25) is 0 Å². The zero-order valence-electron chi connectivity index (χ0n) is 17.7. The molecule has 0 bridgehead atoms. The number of ether oxygens (including phenoxy) is 1. The van der Waals surface area contributed by atoms with Gasteiger partial charge in [0.05, 0.1) is 34.4 Å². The Morgan fingerprint density at radius 1 is 0.941 bits per heavy atom. The van der Waals surface area contributed by atoms with Crippen LogP contribution >= 0.6 is 0 Å². The summed E-state index contributed by atoms with van der Waals surface area (Å²) in [5.74, 6) is 0.250. The van der Waals surface area contributed by atoms with Crippen molar-refractivity contribution in [2.75, 3.05) is 23.7 Å². The zero-order valence-corrected chi connectivity index (χ0v) is 18.6. The maximum Gasteiger partial charge on any atom is 0.270 e. The molecule has 0 aliphatic rings. The molecule has 0 aliphatic carbocycles. The lowest BCUT2D eigenvalue weighted by molar-refractivity contribution is -0.385. The minimum Gasteiger partial charge on any atom is -0.495 e. The summed E-state index contributed by atoms with van der Waals surface area (Å²) in [6.45, 7) is -0.174. The number of nitrogens with zero attached hydrogens (tertiary/aromatic N) is 2. The number of para-hydroxylation sites is 2.